The summed E-state index contributed by atoms with van der Waals surface area (Å²) in [7, 11) is 3.19. The average Bonchev–Trinajstić information content (AvgIpc) is 2.62. The van der Waals surface area contributed by atoms with Gasteiger partial charge in [0.2, 0.25) is 0 Å². The van der Waals surface area contributed by atoms with Gasteiger partial charge in [0.05, 0.1) is 14.2 Å². The maximum absolute atomic E-state index is 12.6. The van der Waals surface area contributed by atoms with Crippen molar-refractivity contribution in [3.8, 4) is 11.5 Å². The monoisotopic (exact) mass is 339 g/mol. The highest BCUT2D eigenvalue weighted by Gasteiger charge is 2.11. The number of amides is 1. The van der Waals surface area contributed by atoms with Crippen molar-refractivity contribution < 1.29 is 14.3 Å². The summed E-state index contributed by atoms with van der Waals surface area (Å²) in [6.07, 6.45) is 2.71. The van der Waals surface area contributed by atoms with Gasteiger partial charge in [-0.3, -0.25) is 4.79 Å². The first-order valence-electron chi connectivity index (χ1n) is 8.30. The number of carbonyl (C=O) groups is 1. The van der Waals surface area contributed by atoms with Crippen LogP contribution in [0.2, 0.25) is 0 Å². The van der Waals surface area contributed by atoms with E-state index in [0.717, 1.165) is 28.8 Å². The molecule has 132 valence electrons. The Balaban J connectivity index is 2.24. The smallest absolute Gasteiger partial charge is 0.251 e. The van der Waals surface area contributed by atoms with Crippen molar-refractivity contribution >= 4 is 17.7 Å². The third-order valence-electron chi connectivity index (χ3n) is 4.13. The molecule has 0 fully saturated rings. The van der Waals surface area contributed by atoms with Crippen molar-refractivity contribution in [2.24, 2.45) is 0 Å². The zero-order valence-corrected chi connectivity index (χ0v) is 15.5. The van der Waals surface area contributed by atoms with Gasteiger partial charge in [0.1, 0.15) is 0 Å². The highest BCUT2D eigenvalue weighted by Crippen LogP contribution is 2.28. The number of methoxy groups -OCH3 is 2. The number of nitrogens with one attached hydrogen (secondary N) is 1. The molecule has 1 N–H and O–H groups in total. The molecule has 0 bridgehead atoms. The Kier molecular flexibility index (Phi) is 6.23. The Morgan fingerprint density at radius 1 is 1.12 bits per heavy atom. The summed E-state index contributed by atoms with van der Waals surface area (Å²) < 4.78 is 10.5. The fraction of sp³-hybridized carbons (Fsp3) is 0.286. The van der Waals surface area contributed by atoms with E-state index in [0.29, 0.717) is 17.1 Å². The minimum absolute atomic E-state index is 0.112. The van der Waals surface area contributed by atoms with Gasteiger partial charge in [-0.05, 0) is 55.2 Å². The second-order valence-electron chi connectivity index (χ2n) is 5.86. The molecule has 0 unspecified atom stereocenters. The van der Waals surface area contributed by atoms with E-state index in [9.17, 15) is 4.79 Å². The fourth-order valence-corrected chi connectivity index (χ4v) is 2.67. The first kappa shape index (κ1) is 18.6. The van der Waals surface area contributed by atoms with Gasteiger partial charge in [-0.1, -0.05) is 31.2 Å². The van der Waals surface area contributed by atoms with Crippen LogP contribution in [0, 0.1) is 6.92 Å². The van der Waals surface area contributed by atoms with Crippen LogP contribution in [0.1, 0.15) is 30.5 Å². The van der Waals surface area contributed by atoms with Crippen molar-refractivity contribution in [1.82, 2.24) is 0 Å². The highest BCUT2D eigenvalue weighted by atomic mass is 16.5. The van der Waals surface area contributed by atoms with Crippen LogP contribution in [0.15, 0.2) is 42.0 Å². The third kappa shape index (κ3) is 4.41. The van der Waals surface area contributed by atoms with Gasteiger partial charge in [0, 0.05) is 11.3 Å². The van der Waals surface area contributed by atoms with Crippen LogP contribution in [0.4, 0.5) is 5.69 Å². The molecular weight excluding hydrogens is 314 g/mol. The molecule has 0 aliphatic carbocycles. The number of hydrogen-bond acceptors (Lipinski definition) is 3. The maximum Gasteiger partial charge on any atom is 0.251 e. The first-order valence-corrected chi connectivity index (χ1v) is 8.30. The molecule has 2 aromatic carbocycles. The molecule has 0 heterocycles. The lowest BCUT2D eigenvalue weighted by atomic mass is 10.0. The van der Waals surface area contributed by atoms with Crippen LogP contribution in [-0.4, -0.2) is 20.1 Å². The van der Waals surface area contributed by atoms with Crippen LogP contribution in [0.5, 0.6) is 11.5 Å². The average molecular weight is 339 g/mol. The number of hydrogen-bond donors (Lipinski definition) is 1. The quantitative estimate of drug-likeness (QED) is 0.781. The molecule has 0 aromatic heterocycles. The molecule has 0 aliphatic heterocycles. The fourth-order valence-electron chi connectivity index (χ4n) is 2.67. The number of benzene rings is 2. The van der Waals surface area contributed by atoms with Gasteiger partial charge in [0.15, 0.2) is 11.5 Å². The SMILES string of the molecule is CCc1cccc(C)c1NC(=O)/C(C)=C/c1ccc(OC)c(OC)c1. The zero-order chi connectivity index (χ0) is 18.4. The van der Waals surface area contributed by atoms with E-state index < -0.39 is 0 Å². The van der Waals surface area contributed by atoms with E-state index in [-0.39, 0.29) is 5.91 Å². The molecule has 4 heteroatoms. The van der Waals surface area contributed by atoms with Gasteiger partial charge in [-0.15, -0.1) is 0 Å². The minimum atomic E-state index is -0.112. The Bertz CT molecular complexity index is 794. The molecule has 25 heavy (non-hydrogen) atoms. The highest BCUT2D eigenvalue weighted by molar-refractivity contribution is 6.07. The first-order chi connectivity index (χ1) is 12.0. The van der Waals surface area contributed by atoms with E-state index in [1.807, 2.05) is 49.4 Å². The van der Waals surface area contributed by atoms with Crippen molar-refractivity contribution in [3.05, 3.63) is 58.7 Å². The number of rotatable bonds is 6. The van der Waals surface area contributed by atoms with E-state index in [1.54, 1.807) is 21.1 Å². The van der Waals surface area contributed by atoms with E-state index >= 15 is 0 Å². The number of anilines is 1. The second kappa shape index (κ2) is 8.38. The number of ether oxygens (including phenoxy) is 2. The van der Waals surface area contributed by atoms with Crippen LogP contribution >= 0.6 is 0 Å². The van der Waals surface area contributed by atoms with Gasteiger partial charge >= 0.3 is 0 Å². The Morgan fingerprint density at radius 3 is 2.48 bits per heavy atom. The summed E-state index contributed by atoms with van der Waals surface area (Å²) in [4.78, 5) is 12.6. The normalized spacial score (nSPS) is 11.2. The lowest BCUT2D eigenvalue weighted by Crippen LogP contribution is -2.15. The summed E-state index contributed by atoms with van der Waals surface area (Å²) in [5.74, 6) is 1.18. The van der Waals surface area contributed by atoms with Crippen molar-refractivity contribution in [3.63, 3.8) is 0 Å². The van der Waals surface area contributed by atoms with E-state index in [1.165, 1.54) is 0 Å². The molecule has 1 amide bonds. The molecule has 0 spiro atoms. The van der Waals surface area contributed by atoms with Gasteiger partial charge < -0.3 is 14.8 Å². The molecule has 0 atom stereocenters. The van der Waals surface area contributed by atoms with Crippen LogP contribution in [0.25, 0.3) is 6.08 Å². The van der Waals surface area contributed by atoms with E-state index in [4.69, 9.17) is 9.47 Å². The van der Waals surface area contributed by atoms with Crippen molar-refractivity contribution in [2.45, 2.75) is 27.2 Å². The van der Waals surface area contributed by atoms with Crippen LogP contribution < -0.4 is 14.8 Å². The second-order valence-corrected chi connectivity index (χ2v) is 5.86. The van der Waals surface area contributed by atoms with E-state index in [2.05, 4.69) is 12.2 Å². The lowest BCUT2D eigenvalue weighted by molar-refractivity contribution is -0.112. The Hall–Kier alpha value is -2.75. The van der Waals surface area contributed by atoms with Crippen molar-refractivity contribution in [2.75, 3.05) is 19.5 Å². The summed E-state index contributed by atoms with van der Waals surface area (Å²) in [6, 6.07) is 11.6. The standard InChI is InChI=1S/C21H25NO3/c1-6-17-9-7-8-14(2)20(17)22-21(23)15(3)12-16-10-11-18(24-4)19(13-16)25-5/h7-13H,6H2,1-5H3,(H,22,23)/b15-12+. The minimum Gasteiger partial charge on any atom is -0.493 e. The largest absolute Gasteiger partial charge is 0.493 e. The topological polar surface area (TPSA) is 47.6 Å². The molecule has 0 aliphatic rings. The summed E-state index contributed by atoms with van der Waals surface area (Å²) in [5, 5.41) is 3.04. The molecule has 2 aromatic rings. The van der Waals surface area contributed by atoms with Crippen LogP contribution in [-0.2, 0) is 11.2 Å². The summed E-state index contributed by atoms with van der Waals surface area (Å²) in [5.41, 5.74) is 4.59. The summed E-state index contributed by atoms with van der Waals surface area (Å²) in [6.45, 7) is 5.88. The Morgan fingerprint density at radius 2 is 1.84 bits per heavy atom. The predicted octanol–water partition coefficient (Wildman–Crippen LogP) is 4.62. The van der Waals surface area contributed by atoms with Gasteiger partial charge in [-0.25, -0.2) is 0 Å². The lowest BCUT2D eigenvalue weighted by Gasteiger charge is -2.13. The molecule has 0 saturated carbocycles. The van der Waals surface area contributed by atoms with Crippen molar-refractivity contribution in [1.29, 1.82) is 0 Å². The number of carbonyl (C=O) groups excluding carboxylic acids is 1. The van der Waals surface area contributed by atoms with Gasteiger partial charge in [-0.2, -0.15) is 0 Å². The number of para-hydroxylation sites is 1. The summed E-state index contributed by atoms with van der Waals surface area (Å²) >= 11 is 0. The predicted molar refractivity (Wildman–Crippen MR) is 102 cm³/mol. The zero-order valence-electron chi connectivity index (χ0n) is 15.5. The molecule has 0 saturated heterocycles. The van der Waals surface area contributed by atoms with Crippen LogP contribution in [0.3, 0.4) is 0 Å². The maximum atomic E-state index is 12.6. The molecule has 4 nitrogen and oxygen atoms in total. The molecule has 2 rings (SSSR count). The Labute approximate surface area is 149 Å². The molecule has 0 radical (unpaired) electrons. The van der Waals surface area contributed by atoms with Gasteiger partial charge in [0.25, 0.3) is 5.91 Å². The third-order valence-corrected chi connectivity index (χ3v) is 4.13. The number of aryl methyl sites for hydroxylation is 2. The molecular formula is C21H25NO3.